The normalized spacial score (nSPS) is 13.1. The van der Waals surface area contributed by atoms with Gasteiger partial charge in [0.05, 0.1) is 17.7 Å². The number of rotatable bonds is 3. The highest BCUT2D eigenvalue weighted by molar-refractivity contribution is 7.16. The van der Waals surface area contributed by atoms with E-state index in [0.717, 1.165) is 31.2 Å². The Labute approximate surface area is 143 Å². The smallest absolute Gasteiger partial charge is 0.256 e. The number of hydrogen-bond acceptors (Lipinski definition) is 4. The predicted octanol–water partition coefficient (Wildman–Crippen LogP) is 4.41. The number of nitrogens with zero attached hydrogens (tertiary/aromatic N) is 1. The van der Waals surface area contributed by atoms with Gasteiger partial charge in [-0.1, -0.05) is 11.6 Å². The molecule has 23 heavy (non-hydrogen) atoms. The van der Waals surface area contributed by atoms with Gasteiger partial charge in [0.1, 0.15) is 16.8 Å². The lowest BCUT2D eigenvalue weighted by atomic mass is 9.96. The van der Waals surface area contributed by atoms with Gasteiger partial charge in [-0.05, 0) is 49.4 Å². The third-order valence-corrected chi connectivity index (χ3v) is 5.43. The summed E-state index contributed by atoms with van der Waals surface area (Å²) < 4.78 is 5.08. The van der Waals surface area contributed by atoms with Crippen LogP contribution in [0.15, 0.2) is 18.2 Å². The fourth-order valence-electron chi connectivity index (χ4n) is 2.76. The van der Waals surface area contributed by atoms with E-state index in [0.29, 0.717) is 26.9 Å². The summed E-state index contributed by atoms with van der Waals surface area (Å²) in [5, 5.41) is 13.3. The lowest BCUT2D eigenvalue weighted by Gasteiger charge is -2.09. The van der Waals surface area contributed by atoms with Crippen molar-refractivity contribution < 1.29 is 9.53 Å². The second-order valence-corrected chi connectivity index (χ2v) is 6.84. The number of carbonyl (C=O) groups is 1. The van der Waals surface area contributed by atoms with Gasteiger partial charge in [0.15, 0.2) is 0 Å². The summed E-state index contributed by atoms with van der Waals surface area (Å²) in [7, 11) is 1.52. The number of nitriles is 1. The van der Waals surface area contributed by atoms with Crippen LogP contribution in [0.3, 0.4) is 0 Å². The van der Waals surface area contributed by atoms with E-state index < -0.39 is 0 Å². The summed E-state index contributed by atoms with van der Waals surface area (Å²) in [6.45, 7) is 0. The Morgan fingerprint density at radius 3 is 2.87 bits per heavy atom. The first-order valence-corrected chi connectivity index (χ1v) is 8.53. The molecular weight excluding hydrogens is 332 g/mol. The molecule has 0 aliphatic heterocycles. The molecule has 1 amide bonds. The summed E-state index contributed by atoms with van der Waals surface area (Å²) in [4.78, 5) is 13.7. The fourth-order valence-corrected chi connectivity index (χ4v) is 4.25. The quantitative estimate of drug-likeness (QED) is 0.895. The Bertz CT molecular complexity index is 808. The van der Waals surface area contributed by atoms with Crippen LogP contribution in [0.4, 0.5) is 5.00 Å². The SMILES string of the molecule is COc1ccc(C(=O)Nc2sc3c(c2C#N)CCCC3)cc1Cl. The number of methoxy groups -OCH3 is 1. The molecule has 0 atom stereocenters. The molecule has 1 aliphatic carbocycles. The van der Waals surface area contributed by atoms with E-state index in [2.05, 4.69) is 11.4 Å². The summed E-state index contributed by atoms with van der Waals surface area (Å²) in [6.07, 6.45) is 4.14. The van der Waals surface area contributed by atoms with E-state index in [1.54, 1.807) is 18.2 Å². The first-order chi connectivity index (χ1) is 11.1. The average molecular weight is 347 g/mol. The van der Waals surface area contributed by atoms with E-state index >= 15 is 0 Å². The molecule has 0 saturated heterocycles. The Kier molecular flexibility index (Phi) is 4.56. The van der Waals surface area contributed by atoms with Crippen molar-refractivity contribution in [2.75, 3.05) is 12.4 Å². The van der Waals surface area contributed by atoms with Gasteiger partial charge >= 0.3 is 0 Å². The molecule has 6 heteroatoms. The minimum Gasteiger partial charge on any atom is -0.495 e. The monoisotopic (exact) mass is 346 g/mol. The van der Waals surface area contributed by atoms with E-state index in [9.17, 15) is 10.1 Å². The molecule has 1 N–H and O–H groups in total. The van der Waals surface area contributed by atoms with Crippen molar-refractivity contribution in [3.63, 3.8) is 0 Å². The van der Waals surface area contributed by atoms with Gasteiger partial charge in [-0.25, -0.2) is 0 Å². The highest BCUT2D eigenvalue weighted by Gasteiger charge is 2.22. The van der Waals surface area contributed by atoms with Gasteiger partial charge in [-0.15, -0.1) is 11.3 Å². The van der Waals surface area contributed by atoms with E-state index in [1.165, 1.54) is 23.3 Å². The maximum atomic E-state index is 12.4. The molecule has 1 aromatic carbocycles. The Hall–Kier alpha value is -2.03. The largest absolute Gasteiger partial charge is 0.495 e. The molecule has 3 rings (SSSR count). The van der Waals surface area contributed by atoms with Gasteiger partial charge in [0.25, 0.3) is 5.91 Å². The minimum absolute atomic E-state index is 0.273. The number of anilines is 1. The van der Waals surface area contributed by atoms with Crippen LogP contribution in [0, 0.1) is 11.3 Å². The fraction of sp³-hybridized carbons (Fsp3) is 0.294. The molecule has 0 saturated carbocycles. The molecule has 0 unspecified atom stereocenters. The molecular formula is C17H15ClN2O2S. The number of halogens is 1. The zero-order valence-electron chi connectivity index (χ0n) is 12.6. The van der Waals surface area contributed by atoms with Crippen molar-refractivity contribution in [2.45, 2.75) is 25.7 Å². The van der Waals surface area contributed by atoms with Gasteiger partial charge < -0.3 is 10.1 Å². The van der Waals surface area contributed by atoms with Gasteiger partial charge in [-0.3, -0.25) is 4.79 Å². The van der Waals surface area contributed by atoms with Gasteiger partial charge in [-0.2, -0.15) is 5.26 Å². The summed E-state index contributed by atoms with van der Waals surface area (Å²) in [6, 6.07) is 7.11. The maximum Gasteiger partial charge on any atom is 0.256 e. The van der Waals surface area contributed by atoms with Crippen molar-refractivity contribution >= 4 is 33.8 Å². The summed E-state index contributed by atoms with van der Waals surface area (Å²) in [5.74, 6) is 0.247. The van der Waals surface area contributed by atoms with Crippen LogP contribution in [0.2, 0.25) is 5.02 Å². The van der Waals surface area contributed by atoms with E-state index in [1.807, 2.05) is 0 Å². The molecule has 0 spiro atoms. The highest BCUT2D eigenvalue weighted by Crippen LogP contribution is 2.38. The zero-order valence-corrected chi connectivity index (χ0v) is 14.2. The summed E-state index contributed by atoms with van der Waals surface area (Å²) >= 11 is 7.57. The third kappa shape index (κ3) is 3.05. The predicted molar refractivity (Wildman–Crippen MR) is 91.6 cm³/mol. The minimum atomic E-state index is -0.273. The van der Waals surface area contributed by atoms with Crippen molar-refractivity contribution in [2.24, 2.45) is 0 Å². The molecule has 4 nitrogen and oxygen atoms in total. The average Bonchev–Trinajstić information content (AvgIpc) is 2.91. The third-order valence-electron chi connectivity index (χ3n) is 3.92. The number of amides is 1. The van der Waals surface area contributed by atoms with Crippen LogP contribution in [0.25, 0.3) is 0 Å². The van der Waals surface area contributed by atoms with Crippen LogP contribution >= 0.6 is 22.9 Å². The lowest BCUT2D eigenvalue weighted by Crippen LogP contribution is -2.12. The van der Waals surface area contributed by atoms with Gasteiger partial charge in [0, 0.05) is 10.4 Å². The lowest BCUT2D eigenvalue weighted by molar-refractivity contribution is 0.102. The topological polar surface area (TPSA) is 62.1 Å². The Morgan fingerprint density at radius 2 is 2.17 bits per heavy atom. The van der Waals surface area contributed by atoms with Crippen LogP contribution in [0.5, 0.6) is 5.75 Å². The number of carbonyl (C=O) groups excluding carboxylic acids is 1. The van der Waals surface area contributed by atoms with Crippen molar-refractivity contribution in [1.82, 2.24) is 0 Å². The van der Waals surface area contributed by atoms with Gasteiger partial charge in [0.2, 0.25) is 0 Å². The Morgan fingerprint density at radius 1 is 1.39 bits per heavy atom. The van der Waals surface area contributed by atoms with Crippen LogP contribution in [-0.4, -0.2) is 13.0 Å². The molecule has 0 bridgehead atoms. The number of nitrogens with one attached hydrogen (secondary N) is 1. The number of hydrogen-bond donors (Lipinski definition) is 1. The number of fused-ring (bicyclic) bond motifs is 1. The maximum absolute atomic E-state index is 12.4. The molecule has 1 aliphatic rings. The highest BCUT2D eigenvalue weighted by atomic mass is 35.5. The van der Waals surface area contributed by atoms with Crippen molar-refractivity contribution in [1.29, 1.82) is 5.26 Å². The zero-order chi connectivity index (χ0) is 16.4. The van der Waals surface area contributed by atoms with Crippen molar-refractivity contribution in [3.05, 3.63) is 44.8 Å². The molecule has 2 aromatic rings. The molecule has 118 valence electrons. The number of ether oxygens (including phenoxy) is 1. The first kappa shape index (κ1) is 15.9. The molecule has 0 radical (unpaired) electrons. The number of thiophene rings is 1. The second kappa shape index (κ2) is 6.61. The van der Waals surface area contributed by atoms with Crippen LogP contribution in [0.1, 0.15) is 39.2 Å². The number of aryl methyl sites for hydroxylation is 1. The van der Waals surface area contributed by atoms with Crippen LogP contribution < -0.4 is 10.1 Å². The first-order valence-electron chi connectivity index (χ1n) is 7.33. The van der Waals surface area contributed by atoms with E-state index in [-0.39, 0.29) is 5.91 Å². The molecule has 1 aromatic heterocycles. The van der Waals surface area contributed by atoms with Crippen LogP contribution in [-0.2, 0) is 12.8 Å². The second-order valence-electron chi connectivity index (χ2n) is 5.33. The van der Waals surface area contributed by atoms with Crippen molar-refractivity contribution in [3.8, 4) is 11.8 Å². The standard InChI is InChI=1S/C17H15ClN2O2S/c1-22-14-7-6-10(8-13(14)18)16(21)20-17-12(9-19)11-4-2-3-5-15(11)23-17/h6-8H,2-5H2,1H3,(H,20,21). The molecule has 1 heterocycles. The van der Waals surface area contributed by atoms with E-state index in [4.69, 9.17) is 16.3 Å². The summed E-state index contributed by atoms with van der Waals surface area (Å²) in [5.41, 5.74) is 2.15. The molecule has 0 fully saturated rings. The number of benzene rings is 1. The Balaban J connectivity index is 1.87.